The normalized spacial score (nSPS) is 10.2. The second-order valence-corrected chi connectivity index (χ2v) is 3.63. The summed E-state index contributed by atoms with van der Waals surface area (Å²) in [7, 11) is 0. The van der Waals surface area contributed by atoms with Crippen molar-refractivity contribution < 1.29 is 4.79 Å². The van der Waals surface area contributed by atoms with E-state index in [0.717, 1.165) is 11.5 Å². The fourth-order valence-electron chi connectivity index (χ4n) is 1.35. The number of nitrogens with zero attached hydrogens (tertiary/aromatic N) is 3. The van der Waals surface area contributed by atoms with E-state index in [1.165, 1.54) is 6.33 Å². The van der Waals surface area contributed by atoms with Crippen LogP contribution >= 0.6 is 0 Å². The lowest BCUT2D eigenvalue weighted by Gasteiger charge is -2.03. The van der Waals surface area contributed by atoms with Gasteiger partial charge >= 0.3 is 0 Å². The van der Waals surface area contributed by atoms with Gasteiger partial charge in [-0.2, -0.15) is 5.10 Å². The Labute approximate surface area is 98.5 Å². The standard InChI is InChI=1S/C11H13N5O/c1-8-2-3-9(6-13-8)11(17)12-5-4-10-14-7-15-16-10/h2-3,6-7H,4-5H2,1H3,(H,12,17)(H,14,15,16). The molecule has 6 nitrogen and oxygen atoms in total. The van der Waals surface area contributed by atoms with Gasteiger partial charge in [0.15, 0.2) is 0 Å². The second-order valence-electron chi connectivity index (χ2n) is 3.63. The van der Waals surface area contributed by atoms with Gasteiger partial charge in [0, 0.05) is 24.9 Å². The van der Waals surface area contributed by atoms with E-state index in [9.17, 15) is 4.79 Å². The van der Waals surface area contributed by atoms with E-state index >= 15 is 0 Å². The Balaban J connectivity index is 1.83. The van der Waals surface area contributed by atoms with Crippen LogP contribution in [0.3, 0.4) is 0 Å². The summed E-state index contributed by atoms with van der Waals surface area (Å²) in [5, 5.41) is 9.25. The maximum atomic E-state index is 11.7. The van der Waals surface area contributed by atoms with Crippen molar-refractivity contribution in [3.63, 3.8) is 0 Å². The quantitative estimate of drug-likeness (QED) is 0.801. The first kappa shape index (κ1) is 11.3. The van der Waals surface area contributed by atoms with Crippen molar-refractivity contribution in [3.8, 4) is 0 Å². The average molecular weight is 231 g/mol. The molecule has 0 unspecified atom stereocenters. The molecule has 0 aromatic carbocycles. The third-order valence-electron chi connectivity index (χ3n) is 2.29. The number of nitrogens with one attached hydrogen (secondary N) is 2. The molecule has 1 amide bonds. The predicted octanol–water partition coefficient (Wildman–Crippen LogP) is 0.481. The van der Waals surface area contributed by atoms with Crippen LogP contribution in [0.1, 0.15) is 21.9 Å². The summed E-state index contributed by atoms with van der Waals surface area (Å²) >= 11 is 0. The van der Waals surface area contributed by atoms with Gasteiger partial charge in [-0.25, -0.2) is 4.98 Å². The molecule has 2 aromatic heterocycles. The Bertz CT molecular complexity index is 477. The number of pyridine rings is 1. The molecule has 0 radical (unpaired) electrons. The number of carbonyl (C=O) groups excluding carboxylic acids is 1. The summed E-state index contributed by atoms with van der Waals surface area (Å²) in [6.45, 7) is 2.40. The fourth-order valence-corrected chi connectivity index (χ4v) is 1.35. The molecule has 0 saturated carbocycles. The minimum atomic E-state index is -0.128. The first-order valence-electron chi connectivity index (χ1n) is 5.31. The van der Waals surface area contributed by atoms with E-state index in [0.29, 0.717) is 18.5 Å². The lowest BCUT2D eigenvalue weighted by Crippen LogP contribution is -2.26. The number of hydrogen-bond donors (Lipinski definition) is 2. The molecule has 0 fully saturated rings. The average Bonchev–Trinajstić information content (AvgIpc) is 2.83. The Morgan fingerprint density at radius 3 is 2.94 bits per heavy atom. The van der Waals surface area contributed by atoms with Crippen molar-refractivity contribution in [3.05, 3.63) is 41.7 Å². The SMILES string of the molecule is Cc1ccc(C(=O)NCCc2ncn[nH]2)cn1. The molecule has 0 atom stereocenters. The maximum Gasteiger partial charge on any atom is 0.252 e. The molecule has 2 rings (SSSR count). The van der Waals surface area contributed by atoms with Crippen LogP contribution in [0.5, 0.6) is 0 Å². The number of amides is 1. The molecule has 88 valence electrons. The number of aromatic nitrogens is 4. The van der Waals surface area contributed by atoms with Crippen molar-refractivity contribution in [1.29, 1.82) is 0 Å². The molecule has 2 aromatic rings. The molecule has 2 heterocycles. The lowest BCUT2D eigenvalue weighted by molar-refractivity contribution is 0.0953. The van der Waals surface area contributed by atoms with Crippen LogP contribution in [0, 0.1) is 6.92 Å². The molecule has 0 aliphatic heterocycles. The van der Waals surface area contributed by atoms with E-state index in [-0.39, 0.29) is 5.91 Å². The van der Waals surface area contributed by atoms with Gasteiger partial charge in [-0.1, -0.05) is 0 Å². The van der Waals surface area contributed by atoms with Crippen LogP contribution in [0.2, 0.25) is 0 Å². The summed E-state index contributed by atoms with van der Waals surface area (Å²) in [5.41, 5.74) is 1.45. The molecular weight excluding hydrogens is 218 g/mol. The Kier molecular flexibility index (Phi) is 3.44. The molecule has 0 saturated heterocycles. The summed E-state index contributed by atoms with van der Waals surface area (Å²) in [6.07, 6.45) is 3.64. The number of carbonyl (C=O) groups is 1. The van der Waals surface area contributed by atoms with Crippen LogP contribution in [-0.4, -0.2) is 32.6 Å². The van der Waals surface area contributed by atoms with Crippen LogP contribution in [-0.2, 0) is 6.42 Å². The molecule has 6 heteroatoms. The Morgan fingerprint density at radius 1 is 1.41 bits per heavy atom. The minimum Gasteiger partial charge on any atom is -0.352 e. The Morgan fingerprint density at radius 2 is 2.29 bits per heavy atom. The highest BCUT2D eigenvalue weighted by Gasteiger charge is 2.05. The van der Waals surface area contributed by atoms with Gasteiger partial charge in [0.25, 0.3) is 5.91 Å². The van der Waals surface area contributed by atoms with Crippen LogP contribution in [0.4, 0.5) is 0 Å². The number of rotatable bonds is 4. The molecular formula is C11H13N5O. The summed E-state index contributed by atoms with van der Waals surface area (Å²) in [5.74, 6) is 0.629. The third kappa shape index (κ3) is 3.10. The molecule has 2 N–H and O–H groups in total. The highest BCUT2D eigenvalue weighted by atomic mass is 16.1. The van der Waals surface area contributed by atoms with Gasteiger partial charge < -0.3 is 5.32 Å². The maximum absolute atomic E-state index is 11.7. The van der Waals surface area contributed by atoms with E-state index < -0.39 is 0 Å². The zero-order valence-corrected chi connectivity index (χ0v) is 9.47. The van der Waals surface area contributed by atoms with E-state index in [1.807, 2.05) is 13.0 Å². The van der Waals surface area contributed by atoms with E-state index in [2.05, 4.69) is 25.5 Å². The minimum absolute atomic E-state index is 0.128. The topological polar surface area (TPSA) is 83.6 Å². The van der Waals surface area contributed by atoms with Gasteiger partial charge in [0.1, 0.15) is 12.2 Å². The molecule has 0 spiro atoms. The number of aromatic amines is 1. The van der Waals surface area contributed by atoms with E-state index in [4.69, 9.17) is 0 Å². The largest absolute Gasteiger partial charge is 0.352 e. The van der Waals surface area contributed by atoms with Gasteiger partial charge in [0.2, 0.25) is 0 Å². The Hall–Kier alpha value is -2.24. The van der Waals surface area contributed by atoms with Gasteiger partial charge in [-0.3, -0.25) is 14.9 Å². The second kappa shape index (κ2) is 5.20. The van der Waals surface area contributed by atoms with Gasteiger partial charge in [0.05, 0.1) is 5.56 Å². The molecule has 0 aliphatic rings. The van der Waals surface area contributed by atoms with E-state index in [1.54, 1.807) is 12.3 Å². The smallest absolute Gasteiger partial charge is 0.252 e. The lowest BCUT2D eigenvalue weighted by atomic mass is 10.2. The molecule has 0 aliphatic carbocycles. The fraction of sp³-hybridized carbons (Fsp3) is 0.273. The highest BCUT2D eigenvalue weighted by molar-refractivity contribution is 5.93. The van der Waals surface area contributed by atoms with Crippen LogP contribution in [0.25, 0.3) is 0 Å². The third-order valence-corrected chi connectivity index (χ3v) is 2.29. The first-order chi connectivity index (χ1) is 8.25. The van der Waals surface area contributed by atoms with Crippen molar-refractivity contribution in [2.75, 3.05) is 6.54 Å². The van der Waals surface area contributed by atoms with Gasteiger partial charge in [-0.15, -0.1) is 0 Å². The zero-order valence-electron chi connectivity index (χ0n) is 9.47. The van der Waals surface area contributed by atoms with Crippen molar-refractivity contribution >= 4 is 5.91 Å². The number of H-pyrrole nitrogens is 1. The predicted molar refractivity (Wildman–Crippen MR) is 61.4 cm³/mol. The highest BCUT2D eigenvalue weighted by Crippen LogP contribution is 1.98. The number of hydrogen-bond acceptors (Lipinski definition) is 4. The summed E-state index contributed by atoms with van der Waals surface area (Å²) in [4.78, 5) is 19.7. The number of aryl methyl sites for hydroxylation is 1. The zero-order chi connectivity index (χ0) is 12.1. The summed E-state index contributed by atoms with van der Waals surface area (Å²) < 4.78 is 0. The monoisotopic (exact) mass is 231 g/mol. The molecule has 17 heavy (non-hydrogen) atoms. The van der Waals surface area contributed by atoms with Crippen molar-refractivity contribution in [2.24, 2.45) is 0 Å². The van der Waals surface area contributed by atoms with Crippen LogP contribution < -0.4 is 5.32 Å². The first-order valence-corrected chi connectivity index (χ1v) is 5.31. The van der Waals surface area contributed by atoms with Gasteiger partial charge in [-0.05, 0) is 19.1 Å². The van der Waals surface area contributed by atoms with Crippen molar-refractivity contribution in [2.45, 2.75) is 13.3 Å². The van der Waals surface area contributed by atoms with Crippen molar-refractivity contribution in [1.82, 2.24) is 25.5 Å². The molecule has 0 bridgehead atoms. The summed E-state index contributed by atoms with van der Waals surface area (Å²) in [6, 6.07) is 3.57. The van der Waals surface area contributed by atoms with Crippen LogP contribution in [0.15, 0.2) is 24.7 Å².